The minimum Gasteiger partial charge on any atom is -0.475 e. The SMILES string of the molecule is Cc1ccc2c(c1)c1ccc(-n3c4ccc(C(C)C)cc4c4cccnc43)cc1n2-c1cc(C2=N[C@H](C(C)C)CO2)cc(-c2ccccn2)c1. The Kier molecular flexibility index (Phi) is 7.09. The van der Waals surface area contributed by atoms with Crippen molar-refractivity contribution in [2.45, 2.75) is 46.6 Å². The van der Waals surface area contributed by atoms with Crippen molar-refractivity contribution in [1.82, 2.24) is 19.1 Å². The molecule has 0 N–H and O–H groups in total. The van der Waals surface area contributed by atoms with E-state index >= 15 is 0 Å². The normalized spacial score (nSPS) is 14.9. The number of aryl methyl sites for hydroxylation is 1. The molecule has 9 rings (SSSR count). The van der Waals surface area contributed by atoms with Crippen molar-refractivity contribution in [2.24, 2.45) is 10.9 Å². The molecule has 8 aromatic rings. The highest BCUT2D eigenvalue weighted by Gasteiger charge is 2.25. The molecule has 6 nitrogen and oxygen atoms in total. The first kappa shape index (κ1) is 30.3. The summed E-state index contributed by atoms with van der Waals surface area (Å²) in [5.41, 5.74) is 11.9. The Morgan fingerprint density at radius 3 is 2.24 bits per heavy atom. The molecule has 246 valence electrons. The third-order valence-corrected chi connectivity index (χ3v) is 10.2. The van der Waals surface area contributed by atoms with Gasteiger partial charge in [0.25, 0.3) is 0 Å². The second kappa shape index (κ2) is 11.7. The van der Waals surface area contributed by atoms with Crippen molar-refractivity contribution in [2.75, 3.05) is 6.61 Å². The molecular formula is C44H39N5O. The summed E-state index contributed by atoms with van der Waals surface area (Å²) in [6, 6.07) is 37.4. The minimum atomic E-state index is 0.141. The molecule has 4 aromatic carbocycles. The number of ether oxygens (including phenoxy) is 1. The maximum absolute atomic E-state index is 6.25. The largest absolute Gasteiger partial charge is 0.475 e. The van der Waals surface area contributed by atoms with Crippen molar-refractivity contribution in [3.8, 4) is 22.6 Å². The first-order valence-electron chi connectivity index (χ1n) is 17.6. The van der Waals surface area contributed by atoms with Crippen LogP contribution in [0.5, 0.6) is 0 Å². The summed E-state index contributed by atoms with van der Waals surface area (Å²) in [6.45, 7) is 11.6. The molecule has 0 spiro atoms. The second-order valence-corrected chi connectivity index (χ2v) is 14.2. The zero-order valence-corrected chi connectivity index (χ0v) is 29.1. The van der Waals surface area contributed by atoms with Crippen LogP contribution in [0.4, 0.5) is 0 Å². The summed E-state index contributed by atoms with van der Waals surface area (Å²) in [7, 11) is 0. The average Bonchev–Trinajstić information content (AvgIpc) is 3.84. The van der Waals surface area contributed by atoms with Crippen molar-refractivity contribution < 1.29 is 4.74 Å². The highest BCUT2D eigenvalue weighted by atomic mass is 16.5. The lowest BCUT2D eigenvalue weighted by atomic mass is 10.0. The predicted octanol–water partition coefficient (Wildman–Crippen LogP) is 10.6. The van der Waals surface area contributed by atoms with Crippen LogP contribution in [-0.4, -0.2) is 37.6 Å². The number of aromatic nitrogens is 4. The van der Waals surface area contributed by atoms with Crippen molar-refractivity contribution in [1.29, 1.82) is 0 Å². The molecule has 0 amide bonds. The fraction of sp³-hybridized carbons (Fsp3) is 0.205. The molecule has 4 aromatic heterocycles. The highest BCUT2D eigenvalue weighted by Crippen LogP contribution is 2.38. The molecule has 6 heteroatoms. The van der Waals surface area contributed by atoms with E-state index in [4.69, 9.17) is 19.7 Å². The van der Waals surface area contributed by atoms with Crippen molar-refractivity contribution in [3.63, 3.8) is 0 Å². The minimum absolute atomic E-state index is 0.141. The van der Waals surface area contributed by atoms with Gasteiger partial charge in [0.15, 0.2) is 0 Å². The van der Waals surface area contributed by atoms with E-state index in [1.54, 1.807) is 0 Å². The van der Waals surface area contributed by atoms with Crippen molar-refractivity contribution >= 4 is 49.6 Å². The Bertz CT molecular complexity index is 2630. The third kappa shape index (κ3) is 4.89. The summed E-state index contributed by atoms with van der Waals surface area (Å²) in [5.74, 6) is 1.53. The topological polar surface area (TPSA) is 57.2 Å². The summed E-state index contributed by atoms with van der Waals surface area (Å²) in [5, 5.41) is 4.79. The van der Waals surface area contributed by atoms with E-state index in [2.05, 4.69) is 129 Å². The Morgan fingerprint density at radius 1 is 0.640 bits per heavy atom. The molecule has 0 saturated heterocycles. The number of fused-ring (bicyclic) bond motifs is 6. The number of benzene rings is 4. The molecule has 1 aliphatic rings. The van der Waals surface area contributed by atoms with Gasteiger partial charge in [0.05, 0.1) is 28.3 Å². The van der Waals surface area contributed by atoms with Gasteiger partial charge in [0, 0.05) is 56.4 Å². The van der Waals surface area contributed by atoms with Crippen LogP contribution in [0.25, 0.3) is 66.4 Å². The van der Waals surface area contributed by atoms with Gasteiger partial charge in [-0.3, -0.25) is 9.55 Å². The molecule has 5 heterocycles. The van der Waals surface area contributed by atoms with Gasteiger partial charge >= 0.3 is 0 Å². The number of hydrogen-bond acceptors (Lipinski definition) is 4. The van der Waals surface area contributed by atoms with E-state index in [1.165, 1.54) is 27.3 Å². The Labute approximate surface area is 291 Å². The maximum atomic E-state index is 6.25. The van der Waals surface area contributed by atoms with Crippen LogP contribution in [0, 0.1) is 12.8 Å². The highest BCUT2D eigenvalue weighted by molar-refractivity contribution is 6.12. The van der Waals surface area contributed by atoms with E-state index in [0.29, 0.717) is 24.3 Å². The summed E-state index contributed by atoms with van der Waals surface area (Å²) in [6.07, 6.45) is 3.74. The number of hydrogen-bond donors (Lipinski definition) is 0. The van der Waals surface area contributed by atoms with Crippen LogP contribution in [0.3, 0.4) is 0 Å². The number of rotatable bonds is 6. The number of pyridine rings is 2. The average molecular weight is 654 g/mol. The molecule has 1 aliphatic heterocycles. The molecule has 1 atom stereocenters. The quantitative estimate of drug-likeness (QED) is 0.179. The smallest absolute Gasteiger partial charge is 0.216 e. The fourth-order valence-electron chi connectivity index (χ4n) is 7.46. The Hall–Kier alpha value is -5.75. The van der Waals surface area contributed by atoms with Crippen LogP contribution < -0.4 is 0 Å². The molecule has 0 bridgehead atoms. The zero-order chi connectivity index (χ0) is 34.1. The Balaban J connectivity index is 1.33. The summed E-state index contributed by atoms with van der Waals surface area (Å²) in [4.78, 5) is 14.7. The summed E-state index contributed by atoms with van der Waals surface area (Å²) < 4.78 is 10.9. The molecule has 0 unspecified atom stereocenters. The van der Waals surface area contributed by atoms with Gasteiger partial charge in [-0.2, -0.15) is 0 Å². The maximum Gasteiger partial charge on any atom is 0.216 e. The number of nitrogens with zero attached hydrogens (tertiary/aromatic N) is 5. The zero-order valence-electron chi connectivity index (χ0n) is 29.1. The number of aliphatic imine (C=N–C) groups is 1. The van der Waals surface area contributed by atoms with Crippen LogP contribution in [0.1, 0.15) is 50.3 Å². The Morgan fingerprint density at radius 2 is 1.44 bits per heavy atom. The van der Waals surface area contributed by atoms with Crippen LogP contribution in [-0.2, 0) is 4.74 Å². The predicted molar refractivity (Wildman–Crippen MR) is 206 cm³/mol. The van der Waals surface area contributed by atoms with Gasteiger partial charge in [-0.25, -0.2) is 9.98 Å². The monoisotopic (exact) mass is 653 g/mol. The molecule has 0 radical (unpaired) electrons. The first-order chi connectivity index (χ1) is 24.3. The van der Waals surface area contributed by atoms with Gasteiger partial charge in [0.1, 0.15) is 12.3 Å². The fourth-order valence-corrected chi connectivity index (χ4v) is 7.46. The van der Waals surface area contributed by atoms with Gasteiger partial charge in [0.2, 0.25) is 5.90 Å². The van der Waals surface area contributed by atoms with Crippen LogP contribution in [0.15, 0.2) is 121 Å². The third-order valence-electron chi connectivity index (χ3n) is 10.2. The van der Waals surface area contributed by atoms with Gasteiger partial charge in [-0.05, 0) is 103 Å². The van der Waals surface area contributed by atoms with Crippen LogP contribution in [0.2, 0.25) is 0 Å². The van der Waals surface area contributed by atoms with Gasteiger partial charge < -0.3 is 9.30 Å². The standard InChI is InChI=1S/C44H39N5O/c1-26(2)29-12-16-41-37(23-29)35-9-8-18-46-43(35)49(41)32-13-14-34-36-19-28(5)11-15-40(36)48(42(34)24-32)33-21-30(38-10-6-7-17-45-38)20-31(22-33)44-47-39(25-50-44)27(3)4/h6-24,26-27,39H,25H2,1-5H3/t39-/m0/s1. The van der Waals surface area contributed by atoms with Crippen LogP contribution >= 0.6 is 0 Å². The van der Waals surface area contributed by atoms with Crippen molar-refractivity contribution in [3.05, 3.63) is 132 Å². The second-order valence-electron chi connectivity index (χ2n) is 14.2. The van der Waals surface area contributed by atoms with Gasteiger partial charge in [-0.15, -0.1) is 0 Å². The molecule has 0 aliphatic carbocycles. The molecule has 0 saturated carbocycles. The molecular weight excluding hydrogens is 615 g/mol. The van der Waals surface area contributed by atoms with E-state index < -0.39 is 0 Å². The lowest BCUT2D eigenvalue weighted by molar-refractivity contribution is 0.292. The lowest BCUT2D eigenvalue weighted by Crippen LogP contribution is -2.13. The van der Waals surface area contributed by atoms with Gasteiger partial charge in [-0.1, -0.05) is 57.5 Å². The molecule has 50 heavy (non-hydrogen) atoms. The first-order valence-corrected chi connectivity index (χ1v) is 17.6. The van der Waals surface area contributed by atoms with E-state index in [-0.39, 0.29) is 6.04 Å². The summed E-state index contributed by atoms with van der Waals surface area (Å²) >= 11 is 0. The van der Waals surface area contributed by atoms with E-state index in [1.807, 2.05) is 30.6 Å². The lowest BCUT2D eigenvalue weighted by Gasteiger charge is -2.14. The van der Waals surface area contributed by atoms with E-state index in [0.717, 1.165) is 55.8 Å². The molecule has 0 fully saturated rings. The van der Waals surface area contributed by atoms with E-state index in [9.17, 15) is 0 Å².